The predicted molar refractivity (Wildman–Crippen MR) is 149 cm³/mol. The lowest BCUT2D eigenvalue weighted by molar-refractivity contribution is -0.139. The normalized spacial score (nSPS) is 12.7. The van der Waals surface area contributed by atoms with Crippen LogP contribution in [0.5, 0.6) is 0 Å². The van der Waals surface area contributed by atoms with Crippen LogP contribution in [0.2, 0.25) is 0 Å². The molecule has 0 spiro atoms. The average Bonchev–Trinajstić information content (AvgIpc) is 3.40. The van der Waals surface area contributed by atoms with E-state index in [0.29, 0.717) is 23.8 Å². The lowest BCUT2D eigenvalue weighted by atomic mass is 10.0. The zero-order chi connectivity index (χ0) is 29.0. The molecule has 1 aromatic heterocycles. The maximum atomic E-state index is 12.9. The van der Waals surface area contributed by atoms with Crippen molar-refractivity contribution < 1.29 is 27.6 Å². The van der Waals surface area contributed by atoms with E-state index < -0.39 is 23.8 Å². The summed E-state index contributed by atoms with van der Waals surface area (Å²) in [6, 6.07) is 11.9. The number of hydrogen-bond acceptors (Lipinski definition) is 5. The van der Waals surface area contributed by atoms with Crippen molar-refractivity contribution in [1.82, 2.24) is 15.0 Å². The second kappa shape index (κ2) is 15.6. The molecule has 0 saturated heterocycles. The molecule has 9 heteroatoms. The summed E-state index contributed by atoms with van der Waals surface area (Å²) >= 11 is 0. The number of carbonyl (C=O) groups is 1. The molecule has 6 nitrogen and oxygen atoms in total. The Balaban J connectivity index is 1.53. The Morgan fingerprint density at radius 1 is 0.925 bits per heavy atom. The van der Waals surface area contributed by atoms with Crippen LogP contribution in [0.3, 0.4) is 0 Å². The number of carboxylic acids is 1. The van der Waals surface area contributed by atoms with Crippen molar-refractivity contribution in [3.63, 3.8) is 0 Å². The molecule has 1 N–H and O–H groups in total. The summed E-state index contributed by atoms with van der Waals surface area (Å²) in [5.74, 6) is 0.124. The van der Waals surface area contributed by atoms with Gasteiger partial charge in [0.15, 0.2) is 5.82 Å². The summed E-state index contributed by atoms with van der Waals surface area (Å²) in [5, 5.41) is 13.5. The number of aliphatic carboxylic acids is 1. The monoisotopic (exact) mass is 559 g/mol. The number of nitrogens with zero attached hydrogens (tertiary/aromatic N) is 3. The first-order valence-corrected chi connectivity index (χ1v) is 14.2. The topological polar surface area (TPSA) is 79.5 Å². The minimum absolute atomic E-state index is 0.254. The fraction of sp³-hybridized carbons (Fsp3) is 0.516. The number of aromatic nitrogens is 2. The van der Waals surface area contributed by atoms with Crippen LogP contribution in [0.4, 0.5) is 13.2 Å². The number of carboxylic acid groups (broad SMARTS) is 1. The maximum absolute atomic E-state index is 12.9. The second-order valence-electron chi connectivity index (χ2n) is 10.4. The summed E-state index contributed by atoms with van der Waals surface area (Å²) in [6.45, 7) is 4.07. The van der Waals surface area contributed by atoms with E-state index in [4.69, 9.17) is 4.52 Å². The molecule has 0 aliphatic heterocycles. The highest BCUT2D eigenvalue weighted by atomic mass is 19.4. The SMILES string of the molecule is CCCCCCCCCCCc1noc(-c2ccc(CN(CC(=O)O)[C@H](C)c3ccc(C(F)(F)F)cc3)cc2)n1. The zero-order valence-corrected chi connectivity index (χ0v) is 23.4. The minimum atomic E-state index is -4.42. The summed E-state index contributed by atoms with van der Waals surface area (Å²) in [4.78, 5) is 17.7. The molecule has 0 amide bonds. The Labute approximate surface area is 234 Å². The van der Waals surface area contributed by atoms with Crippen molar-refractivity contribution in [3.05, 3.63) is 71.0 Å². The van der Waals surface area contributed by atoms with Gasteiger partial charge in [0, 0.05) is 24.6 Å². The molecule has 0 fully saturated rings. The molecule has 0 saturated carbocycles. The van der Waals surface area contributed by atoms with Gasteiger partial charge in [-0.3, -0.25) is 9.69 Å². The highest BCUT2D eigenvalue weighted by Gasteiger charge is 2.30. The van der Waals surface area contributed by atoms with Crippen molar-refractivity contribution in [2.75, 3.05) is 6.54 Å². The number of hydrogen-bond donors (Lipinski definition) is 1. The molecule has 3 aromatic rings. The van der Waals surface area contributed by atoms with E-state index in [2.05, 4.69) is 17.1 Å². The molecule has 0 radical (unpaired) electrons. The summed E-state index contributed by atoms with van der Waals surface area (Å²) in [5.41, 5.74) is 1.51. The van der Waals surface area contributed by atoms with Gasteiger partial charge >= 0.3 is 12.1 Å². The molecule has 1 atom stereocenters. The number of halogens is 3. The number of aryl methyl sites for hydroxylation is 1. The second-order valence-corrected chi connectivity index (χ2v) is 10.4. The Morgan fingerprint density at radius 2 is 1.52 bits per heavy atom. The third kappa shape index (κ3) is 10.1. The third-order valence-corrected chi connectivity index (χ3v) is 7.17. The molecule has 2 aromatic carbocycles. The van der Waals surface area contributed by atoms with Gasteiger partial charge < -0.3 is 9.63 Å². The molecule has 0 aliphatic carbocycles. The van der Waals surface area contributed by atoms with Gasteiger partial charge in [-0.2, -0.15) is 18.2 Å². The van der Waals surface area contributed by atoms with E-state index in [1.165, 1.54) is 57.1 Å². The van der Waals surface area contributed by atoms with Crippen LogP contribution in [-0.2, 0) is 23.9 Å². The van der Waals surface area contributed by atoms with Crippen LogP contribution in [-0.4, -0.2) is 32.7 Å². The van der Waals surface area contributed by atoms with Gasteiger partial charge in [0.2, 0.25) is 0 Å². The fourth-order valence-electron chi connectivity index (χ4n) is 4.72. The van der Waals surface area contributed by atoms with Gasteiger partial charge in [-0.05, 0) is 48.7 Å². The average molecular weight is 560 g/mol. The van der Waals surface area contributed by atoms with Crippen LogP contribution in [0.25, 0.3) is 11.5 Å². The molecule has 0 unspecified atom stereocenters. The molecule has 0 bridgehead atoms. The van der Waals surface area contributed by atoms with Crippen LogP contribution in [0, 0.1) is 0 Å². The van der Waals surface area contributed by atoms with Crippen LogP contribution in [0.1, 0.15) is 100 Å². The number of unbranched alkanes of at least 4 members (excludes halogenated alkanes) is 8. The van der Waals surface area contributed by atoms with E-state index >= 15 is 0 Å². The molecule has 3 rings (SSSR count). The smallest absolute Gasteiger partial charge is 0.416 e. The van der Waals surface area contributed by atoms with Gasteiger partial charge in [-0.25, -0.2) is 0 Å². The van der Waals surface area contributed by atoms with Crippen molar-refractivity contribution in [1.29, 1.82) is 0 Å². The standard InChI is InChI=1S/C31H40F3N3O3/c1-3-4-5-6-7-8-9-10-11-12-28-35-30(40-36-28)26-15-13-24(14-16-26)21-37(22-29(38)39)23(2)25-17-19-27(20-18-25)31(32,33)34/h13-20,23H,3-12,21-22H2,1-2H3,(H,38,39)/t23-/m1/s1. The van der Waals surface area contributed by atoms with E-state index in [0.717, 1.165) is 42.5 Å². The fourth-order valence-corrected chi connectivity index (χ4v) is 4.72. The van der Waals surface area contributed by atoms with Crippen molar-refractivity contribution in [3.8, 4) is 11.5 Å². The maximum Gasteiger partial charge on any atom is 0.416 e. The van der Waals surface area contributed by atoms with Gasteiger partial charge in [-0.15, -0.1) is 0 Å². The number of benzene rings is 2. The van der Waals surface area contributed by atoms with E-state index in [1.807, 2.05) is 24.3 Å². The Kier molecular flexibility index (Phi) is 12.2. The molecular weight excluding hydrogens is 519 g/mol. The predicted octanol–water partition coefficient (Wildman–Crippen LogP) is 8.48. The first-order chi connectivity index (χ1) is 19.2. The van der Waals surface area contributed by atoms with E-state index in [1.54, 1.807) is 11.8 Å². The van der Waals surface area contributed by atoms with Gasteiger partial charge in [0.25, 0.3) is 5.89 Å². The largest absolute Gasteiger partial charge is 0.480 e. The number of alkyl halides is 3. The molecule has 0 aliphatic rings. The third-order valence-electron chi connectivity index (χ3n) is 7.17. The van der Waals surface area contributed by atoms with Gasteiger partial charge in [0.05, 0.1) is 12.1 Å². The van der Waals surface area contributed by atoms with Crippen LogP contribution < -0.4 is 0 Å². The number of rotatable bonds is 17. The van der Waals surface area contributed by atoms with Gasteiger partial charge in [-0.1, -0.05) is 87.7 Å². The first-order valence-electron chi connectivity index (χ1n) is 14.2. The van der Waals surface area contributed by atoms with Crippen molar-refractivity contribution >= 4 is 5.97 Å². The summed E-state index contributed by atoms with van der Waals surface area (Å²) in [7, 11) is 0. The van der Waals surface area contributed by atoms with Crippen molar-refractivity contribution in [2.24, 2.45) is 0 Å². The molecular formula is C31H40F3N3O3. The molecule has 40 heavy (non-hydrogen) atoms. The highest BCUT2D eigenvalue weighted by Crippen LogP contribution is 2.31. The van der Waals surface area contributed by atoms with Gasteiger partial charge in [0.1, 0.15) is 0 Å². The van der Waals surface area contributed by atoms with Crippen LogP contribution in [0.15, 0.2) is 53.1 Å². The Morgan fingerprint density at radius 3 is 2.10 bits per heavy atom. The minimum Gasteiger partial charge on any atom is -0.480 e. The van der Waals surface area contributed by atoms with Crippen LogP contribution >= 0.6 is 0 Å². The van der Waals surface area contributed by atoms with Crippen molar-refractivity contribution in [2.45, 2.75) is 96.8 Å². The van der Waals surface area contributed by atoms with E-state index in [9.17, 15) is 23.1 Å². The lowest BCUT2D eigenvalue weighted by Crippen LogP contribution is -2.32. The Hall–Kier alpha value is -3.20. The molecule has 218 valence electrons. The summed E-state index contributed by atoms with van der Waals surface area (Å²) < 4.78 is 44.2. The quantitative estimate of drug-likeness (QED) is 0.167. The highest BCUT2D eigenvalue weighted by molar-refractivity contribution is 5.69. The first kappa shape index (κ1) is 31.3. The summed E-state index contributed by atoms with van der Waals surface area (Å²) in [6.07, 6.45) is 7.64. The molecule has 1 heterocycles. The lowest BCUT2D eigenvalue weighted by Gasteiger charge is -2.28. The Bertz CT molecular complexity index is 1160. The zero-order valence-electron chi connectivity index (χ0n) is 23.4. The van der Waals surface area contributed by atoms with E-state index in [-0.39, 0.29) is 6.54 Å².